The number of carbonyl (C=O) groups is 1. The predicted molar refractivity (Wildman–Crippen MR) is 88.9 cm³/mol. The van der Waals surface area contributed by atoms with Crippen LogP contribution in [0.1, 0.15) is 17.3 Å². The Kier molecular flexibility index (Phi) is 5.41. The summed E-state index contributed by atoms with van der Waals surface area (Å²) >= 11 is 7.51. The zero-order chi connectivity index (χ0) is 16.1. The first-order valence-electron chi connectivity index (χ1n) is 6.49. The van der Waals surface area contributed by atoms with E-state index in [0.717, 1.165) is 10.6 Å². The maximum Gasteiger partial charge on any atom is 0.282 e. The molecular formula is C15H13ClN2O3S. The molecule has 0 spiro atoms. The zero-order valence-corrected chi connectivity index (χ0v) is 13.3. The fourth-order valence-electron chi connectivity index (χ4n) is 1.85. The van der Waals surface area contributed by atoms with Gasteiger partial charge in [-0.2, -0.15) is 0 Å². The molecule has 0 aliphatic rings. The first kappa shape index (κ1) is 16.3. The van der Waals surface area contributed by atoms with Crippen LogP contribution in [-0.2, 0) is 0 Å². The molecule has 0 aliphatic heterocycles. The van der Waals surface area contributed by atoms with Gasteiger partial charge in [-0.15, -0.1) is 11.8 Å². The van der Waals surface area contributed by atoms with Crippen LogP contribution in [0, 0.1) is 10.1 Å². The second kappa shape index (κ2) is 7.29. The third kappa shape index (κ3) is 3.99. The summed E-state index contributed by atoms with van der Waals surface area (Å²) in [5.41, 5.74) is 0.226. The zero-order valence-electron chi connectivity index (χ0n) is 11.7. The first-order valence-corrected chi connectivity index (χ1v) is 7.85. The predicted octanol–water partition coefficient (Wildman–Crippen LogP) is 4.61. The molecule has 1 amide bonds. The number of benzene rings is 2. The summed E-state index contributed by atoms with van der Waals surface area (Å²) < 4.78 is 0. The molecule has 0 saturated carbocycles. The molecule has 7 heteroatoms. The van der Waals surface area contributed by atoms with E-state index in [1.807, 2.05) is 12.1 Å². The van der Waals surface area contributed by atoms with Crippen LogP contribution in [0.2, 0.25) is 5.02 Å². The number of nitro groups is 1. The molecule has 1 N–H and O–H groups in total. The van der Waals surface area contributed by atoms with E-state index in [9.17, 15) is 14.9 Å². The van der Waals surface area contributed by atoms with Crippen LogP contribution in [0.25, 0.3) is 0 Å². The Morgan fingerprint density at radius 3 is 2.55 bits per heavy atom. The SMILES string of the molecule is CCSc1ccc(NC(=O)c2cc(Cl)ccc2[N+](=O)[O-])cc1. The van der Waals surface area contributed by atoms with Crippen molar-refractivity contribution in [3.8, 4) is 0 Å². The number of nitro benzene ring substituents is 1. The van der Waals surface area contributed by atoms with E-state index in [0.29, 0.717) is 5.69 Å². The van der Waals surface area contributed by atoms with E-state index < -0.39 is 10.8 Å². The molecule has 2 rings (SSSR count). The Labute approximate surface area is 136 Å². The minimum atomic E-state index is -0.605. The highest BCUT2D eigenvalue weighted by Gasteiger charge is 2.20. The Morgan fingerprint density at radius 2 is 1.95 bits per heavy atom. The lowest BCUT2D eigenvalue weighted by molar-refractivity contribution is -0.385. The van der Waals surface area contributed by atoms with Gasteiger partial charge < -0.3 is 5.32 Å². The maximum atomic E-state index is 12.2. The minimum absolute atomic E-state index is 0.0653. The summed E-state index contributed by atoms with van der Waals surface area (Å²) in [4.78, 5) is 23.7. The third-order valence-corrected chi connectivity index (χ3v) is 3.95. The molecule has 0 unspecified atom stereocenters. The number of halogens is 1. The smallest absolute Gasteiger partial charge is 0.282 e. The van der Waals surface area contributed by atoms with E-state index in [1.54, 1.807) is 23.9 Å². The Bertz CT molecular complexity index is 704. The molecular weight excluding hydrogens is 324 g/mol. The van der Waals surface area contributed by atoms with Gasteiger partial charge in [0.1, 0.15) is 5.56 Å². The number of amides is 1. The Balaban J connectivity index is 2.22. The molecule has 0 heterocycles. The fourth-order valence-corrected chi connectivity index (χ4v) is 2.68. The largest absolute Gasteiger partial charge is 0.322 e. The summed E-state index contributed by atoms with van der Waals surface area (Å²) in [5.74, 6) is 0.394. The molecule has 2 aromatic carbocycles. The topological polar surface area (TPSA) is 72.2 Å². The Hall–Kier alpha value is -2.05. The first-order chi connectivity index (χ1) is 10.5. The molecule has 0 fully saturated rings. The average molecular weight is 337 g/mol. The van der Waals surface area contributed by atoms with Crippen LogP contribution in [0.3, 0.4) is 0 Å². The van der Waals surface area contributed by atoms with Crippen molar-refractivity contribution in [3.63, 3.8) is 0 Å². The van der Waals surface area contributed by atoms with Crippen LogP contribution in [-0.4, -0.2) is 16.6 Å². The van der Waals surface area contributed by atoms with Gasteiger partial charge in [0.05, 0.1) is 4.92 Å². The van der Waals surface area contributed by atoms with E-state index in [4.69, 9.17) is 11.6 Å². The highest BCUT2D eigenvalue weighted by Crippen LogP contribution is 2.25. The number of nitrogens with zero attached hydrogens (tertiary/aromatic N) is 1. The molecule has 0 radical (unpaired) electrons. The van der Waals surface area contributed by atoms with Gasteiger partial charge in [-0.3, -0.25) is 14.9 Å². The van der Waals surface area contributed by atoms with Gasteiger partial charge in [-0.25, -0.2) is 0 Å². The summed E-state index contributed by atoms with van der Waals surface area (Å²) in [6, 6.07) is 11.2. The molecule has 2 aromatic rings. The summed E-state index contributed by atoms with van der Waals surface area (Å²) in [6.45, 7) is 2.05. The molecule has 0 bridgehead atoms. The number of thioether (sulfide) groups is 1. The lowest BCUT2D eigenvalue weighted by Gasteiger charge is -2.07. The van der Waals surface area contributed by atoms with E-state index in [1.165, 1.54) is 18.2 Å². The maximum absolute atomic E-state index is 12.2. The number of anilines is 1. The molecule has 0 atom stereocenters. The van der Waals surface area contributed by atoms with Crippen molar-refractivity contribution < 1.29 is 9.72 Å². The van der Waals surface area contributed by atoms with Gasteiger partial charge in [0.2, 0.25) is 0 Å². The second-order valence-electron chi connectivity index (χ2n) is 4.33. The van der Waals surface area contributed by atoms with E-state index >= 15 is 0 Å². The van der Waals surface area contributed by atoms with Gasteiger partial charge >= 0.3 is 0 Å². The van der Waals surface area contributed by atoms with Crippen LogP contribution < -0.4 is 5.32 Å². The van der Waals surface area contributed by atoms with Crippen LogP contribution in [0.4, 0.5) is 11.4 Å². The lowest BCUT2D eigenvalue weighted by Crippen LogP contribution is -2.13. The molecule has 114 valence electrons. The molecule has 0 aliphatic carbocycles. The second-order valence-corrected chi connectivity index (χ2v) is 6.10. The van der Waals surface area contributed by atoms with Crippen molar-refractivity contribution in [2.24, 2.45) is 0 Å². The number of hydrogen-bond acceptors (Lipinski definition) is 4. The quantitative estimate of drug-likeness (QED) is 0.491. The van der Waals surface area contributed by atoms with Gasteiger partial charge in [0.15, 0.2) is 0 Å². The summed E-state index contributed by atoms with van der Waals surface area (Å²) in [6.07, 6.45) is 0. The number of carbonyl (C=O) groups excluding carboxylic acids is 1. The van der Waals surface area contributed by atoms with Crippen molar-refractivity contribution in [1.29, 1.82) is 0 Å². The summed E-state index contributed by atoms with van der Waals surface area (Å²) in [5, 5.41) is 13.9. The van der Waals surface area contributed by atoms with Crippen molar-refractivity contribution in [3.05, 3.63) is 63.2 Å². The van der Waals surface area contributed by atoms with Gasteiger partial charge in [-0.1, -0.05) is 18.5 Å². The monoisotopic (exact) mass is 336 g/mol. The van der Waals surface area contributed by atoms with Crippen LogP contribution >= 0.6 is 23.4 Å². The third-order valence-electron chi connectivity index (χ3n) is 2.82. The van der Waals surface area contributed by atoms with Gasteiger partial charge in [0.25, 0.3) is 11.6 Å². The number of nitrogens with one attached hydrogen (secondary N) is 1. The Morgan fingerprint density at radius 1 is 1.27 bits per heavy atom. The van der Waals surface area contributed by atoms with Crippen molar-refractivity contribution in [2.75, 3.05) is 11.1 Å². The van der Waals surface area contributed by atoms with Gasteiger partial charge in [-0.05, 0) is 42.2 Å². The van der Waals surface area contributed by atoms with E-state index in [2.05, 4.69) is 12.2 Å². The van der Waals surface area contributed by atoms with Crippen molar-refractivity contribution in [2.45, 2.75) is 11.8 Å². The van der Waals surface area contributed by atoms with Crippen molar-refractivity contribution >= 4 is 40.6 Å². The number of rotatable bonds is 5. The standard InChI is InChI=1S/C15H13ClN2O3S/c1-2-22-12-6-4-11(5-7-12)17-15(19)13-9-10(16)3-8-14(13)18(20)21/h3-9H,2H2,1H3,(H,17,19). The van der Waals surface area contributed by atoms with Gasteiger partial charge in [0, 0.05) is 21.7 Å². The highest BCUT2D eigenvalue weighted by molar-refractivity contribution is 7.99. The van der Waals surface area contributed by atoms with Crippen LogP contribution in [0.15, 0.2) is 47.4 Å². The molecule has 5 nitrogen and oxygen atoms in total. The normalized spacial score (nSPS) is 10.3. The number of hydrogen-bond donors (Lipinski definition) is 1. The lowest BCUT2D eigenvalue weighted by atomic mass is 10.1. The molecule has 22 heavy (non-hydrogen) atoms. The van der Waals surface area contributed by atoms with E-state index in [-0.39, 0.29) is 16.3 Å². The molecule has 0 saturated heterocycles. The summed E-state index contributed by atoms with van der Waals surface area (Å²) in [7, 11) is 0. The highest BCUT2D eigenvalue weighted by atomic mass is 35.5. The van der Waals surface area contributed by atoms with Crippen LogP contribution in [0.5, 0.6) is 0 Å². The fraction of sp³-hybridized carbons (Fsp3) is 0.133. The molecule has 0 aromatic heterocycles. The minimum Gasteiger partial charge on any atom is -0.322 e. The van der Waals surface area contributed by atoms with Crippen molar-refractivity contribution in [1.82, 2.24) is 0 Å². The average Bonchev–Trinajstić information content (AvgIpc) is 2.49.